The molecule has 0 bridgehead atoms. The van der Waals surface area contributed by atoms with Gasteiger partial charge in [0.25, 0.3) is 5.95 Å². The lowest BCUT2D eigenvalue weighted by molar-refractivity contribution is -0.133. The maximum absolute atomic E-state index is 10.7. The Labute approximate surface area is 92.6 Å². The summed E-state index contributed by atoms with van der Waals surface area (Å²) in [5.74, 6) is 0.425. The van der Waals surface area contributed by atoms with E-state index in [1.807, 2.05) is 12.1 Å². The smallest absolute Gasteiger partial charge is 0.310 e. The van der Waals surface area contributed by atoms with Gasteiger partial charge in [-0.1, -0.05) is 0 Å². The van der Waals surface area contributed by atoms with Gasteiger partial charge in [0.2, 0.25) is 0 Å². The number of esters is 1. The molecule has 0 amide bonds. The standard InChI is InChI=1S/C12H11NO3/c1-8(14)15-12-7-6-11(16-12)9-2-4-10(13)5-3-9/h2-7H,13H2,1H3. The lowest BCUT2D eigenvalue weighted by Crippen LogP contribution is -1.99. The lowest BCUT2D eigenvalue weighted by atomic mass is 10.1. The van der Waals surface area contributed by atoms with Gasteiger partial charge in [-0.25, -0.2) is 0 Å². The predicted molar refractivity (Wildman–Crippen MR) is 59.9 cm³/mol. The summed E-state index contributed by atoms with van der Waals surface area (Å²) < 4.78 is 10.1. The first-order chi connectivity index (χ1) is 7.65. The van der Waals surface area contributed by atoms with Crippen LogP contribution in [-0.2, 0) is 4.79 Å². The first-order valence-corrected chi connectivity index (χ1v) is 4.79. The van der Waals surface area contributed by atoms with E-state index in [4.69, 9.17) is 14.9 Å². The van der Waals surface area contributed by atoms with Crippen molar-refractivity contribution >= 4 is 11.7 Å². The molecule has 2 N–H and O–H groups in total. The second-order valence-corrected chi connectivity index (χ2v) is 3.33. The fourth-order valence-corrected chi connectivity index (χ4v) is 1.32. The molecule has 2 aromatic rings. The summed E-state index contributed by atoms with van der Waals surface area (Å²) in [5, 5.41) is 0. The van der Waals surface area contributed by atoms with Crippen LogP contribution in [0.4, 0.5) is 5.69 Å². The van der Waals surface area contributed by atoms with Crippen LogP contribution in [0.2, 0.25) is 0 Å². The van der Waals surface area contributed by atoms with E-state index in [1.54, 1.807) is 24.3 Å². The third-order valence-electron chi connectivity index (χ3n) is 2.02. The van der Waals surface area contributed by atoms with Crippen LogP contribution < -0.4 is 10.5 Å². The normalized spacial score (nSPS) is 10.1. The molecular weight excluding hydrogens is 206 g/mol. The van der Waals surface area contributed by atoms with Crippen LogP contribution in [0.15, 0.2) is 40.8 Å². The van der Waals surface area contributed by atoms with Gasteiger partial charge in [0.05, 0.1) is 0 Å². The Balaban J connectivity index is 2.24. The Morgan fingerprint density at radius 2 is 1.88 bits per heavy atom. The lowest BCUT2D eigenvalue weighted by Gasteiger charge is -1.98. The van der Waals surface area contributed by atoms with Gasteiger partial charge in [-0.15, -0.1) is 0 Å². The van der Waals surface area contributed by atoms with Crippen LogP contribution in [-0.4, -0.2) is 5.97 Å². The molecule has 0 saturated carbocycles. The van der Waals surface area contributed by atoms with E-state index in [-0.39, 0.29) is 5.95 Å². The SMILES string of the molecule is CC(=O)Oc1ccc(-c2ccc(N)cc2)o1. The van der Waals surface area contributed by atoms with Gasteiger partial charge in [0, 0.05) is 24.2 Å². The average molecular weight is 217 g/mol. The molecule has 0 aliphatic rings. The van der Waals surface area contributed by atoms with Crippen molar-refractivity contribution in [3.05, 3.63) is 36.4 Å². The van der Waals surface area contributed by atoms with E-state index in [9.17, 15) is 4.79 Å². The first-order valence-electron chi connectivity index (χ1n) is 4.79. The Morgan fingerprint density at radius 1 is 1.19 bits per heavy atom. The zero-order valence-electron chi connectivity index (χ0n) is 8.77. The molecule has 1 heterocycles. The minimum atomic E-state index is -0.404. The highest BCUT2D eigenvalue weighted by Crippen LogP contribution is 2.26. The summed E-state index contributed by atoms with van der Waals surface area (Å²) >= 11 is 0. The molecule has 1 aromatic heterocycles. The molecule has 16 heavy (non-hydrogen) atoms. The van der Waals surface area contributed by atoms with Crippen LogP contribution in [0, 0.1) is 0 Å². The Morgan fingerprint density at radius 3 is 2.50 bits per heavy atom. The topological polar surface area (TPSA) is 65.5 Å². The Kier molecular flexibility index (Phi) is 2.64. The molecule has 0 radical (unpaired) electrons. The number of hydrogen-bond donors (Lipinski definition) is 1. The van der Waals surface area contributed by atoms with Gasteiger partial charge in [0.15, 0.2) is 0 Å². The number of hydrogen-bond acceptors (Lipinski definition) is 4. The predicted octanol–water partition coefficient (Wildman–Crippen LogP) is 2.45. The van der Waals surface area contributed by atoms with Crippen molar-refractivity contribution in [1.29, 1.82) is 0 Å². The number of carbonyl (C=O) groups excluding carboxylic acids is 1. The minimum Gasteiger partial charge on any atom is -0.425 e. The van der Waals surface area contributed by atoms with Crippen molar-refractivity contribution < 1.29 is 13.9 Å². The quantitative estimate of drug-likeness (QED) is 0.619. The molecule has 82 valence electrons. The minimum absolute atomic E-state index is 0.194. The maximum Gasteiger partial charge on any atom is 0.310 e. The number of furan rings is 1. The van der Waals surface area contributed by atoms with Gasteiger partial charge in [-0.05, 0) is 30.3 Å². The van der Waals surface area contributed by atoms with E-state index >= 15 is 0 Å². The third kappa shape index (κ3) is 2.23. The monoisotopic (exact) mass is 217 g/mol. The second-order valence-electron chi connectivity index (χ2n) is 3.33. The summed E-state index contributed by atoms with van der Waals surface area (Å²) in [7, 11) is 0. The second kappa shape index (κ2) is 4.10. The molecule has 0 saturated heterocycles. The molecular formula is C12H11NO3. The Bertz CT molecular complexity index is 499. The Hall–Kier alpha value is -2.23. The van der Waals surface area contributed by atoms with E-state index < -0.39 is 5.97 Å². The van der Waals surface area contributed by atoms with Crippen LogP contribution in [0.1, 0.15) is 6.92 Å². The van der Waals surface area contributed by atoms with E-state index in [0.29, 0.717) is 11.4 Å². The maximum atomic E-state index is 10.7. The van der Waals surface area contributed by atoms with Gasteiger partial charge in [-0.2, -0.15) is 0 Å². The molecule has 1 aromatic carbocycles. The molecule has 0 aliphatic heterocycles. The van der Waals surface area contributed by atoms with Crippen molar-refractivity contribution in [2.75, 3.05) is 5.73 Å². The molecule has 0 atom stereocenters. The molecule has 4 nitrogen and oxygen atoms in total. The van der Waals surface area contributed by atoms with Crippen molar-refractivity contribution in [3.8, 4) is 17.3 Å². The summed E-state index contributed by atoms with van der Waals surface area (Å²) in [6.07, 6.45) is 0. The molecule has 0 aliphatic carbocycles. The average Bonchev–Trinajstić information content (AvgIpc) is 2.66. The molecule has 0 unspecified atom stereocenters. The van der Waals surface area contributed by atoms with Gasteiger partial charge in [-0.3, -0.25) is 4.79 Å². The van der Waals surface area contributed by atoms with Crippen LogP contribution in [0.25, 0.3) is 11.3 Å². The number of carbonyl (C=O) groups is 1. The van der Waals surface area contributed by atoms with Crippen LogP contribution >= 0.6 is 0 Å². The molecule has 2 rings (SSSR count). The third-order valence-corrected chi connectivity index (χ3v) is 2.02. The number of rotatable bonds is 2. The van der Waals surface area contributed by atoms with Crippen molar-refractivity contribution in [2.24, 2.45) is 0 Å². The van der Waals surface area contributed by atoms with Gasteiger partial charge < -0.3 is 14.9 Å². The number of nitrogens with two attached hydrogens (primary N) is 1. The molecule has 0 spiro atoms. The fraction of sp³-hybridized carbons (Fsp3) is 0.0833. The van der Waals surface area contributed by atoms with Crippen LogP contribution in [0.5, 0.6) is 5.95 Å². The van der Waals surface area contributed by atoms with Crippen molar-refractivity contribution in [2.45, 2.75) is 6.92 Å². The van der Waals surface area contributed by atoms with Gasteiger partial charge >= 0.3 is 5.97 Å². The molecule has 4 heteroatoms. The van der Waals surface area contributed by atoms with Crippen molar-refractivity contribution in [3.63, 3.8) is 0 Å². The number of benzene rings is 1. The summed E-state index contributed by atoms with van der Waals surface area (Å²) in [6.45, 7) is 1.32. The number of anilines is 1. The number of ether oxygens (including phenoxy) is 1. The van der Waals surface area contributed by atoms with Crippen molar-refractivity contribution in [1.82, 2.24) is 0 Å². The van der Waals surface area contributed by atoms with Crippen LogP contribution in [0.3, 0.4) is 0 Å². The molecule has 0 fully saturated rings. The zero-order chi connectivity index (χ0) is 11.5. The van der Waals surface area contributed by atoms with E-state index in [0.717, 1.165) is 5.56 Å². The largest absolute Gasteiger partial charge is 0.425 e. The summed E-state index contributed by atoms with van der Waals surface area (Å²) in [6, 6.07) is 10.6. The summed E-state index contributed by atoms with van der Waals surface area (Å²) in [5.41, 5.74) is 7.15. The van der Waals surface area contributed by atoms with E-state index in [1.165, 1.54) is 6.92 Å². The highest BCUT2D eigenvalue weighted by Gasteiger charge is 2.06. The first kappa shape index (κ1) is 10.3. The number of nitrogen functional groups attached to an aromatic ring is 1. The highest BCUT2D eigenvalue weighted by molar-refractivity contribution is 5.69. The zero-order valence-corrected chi connectivity index (χ0v) is 8.77. The summed E-state index contributed by atoms with van der Waals surface area (Å²) in [4.78, 5) is 10.7. The van der Waals surface area contributed by atoms with Gasteiger partial charge in [0.1, 0.15) is 5.76 Å². The fourth-order valence-electron chi connectivity index (χ4n) is 1.32. The highest BCUT2D eigenvalue weighted by atomic mass is 16.6. The van der Waals surface area contributed by atoms with E-state index in [2.05, 4.69) is 0 Å².